The van der Waals surface area contributed by atoms with E-state index in [-0.39, 0.29) is 0 Å². The van der Waals surface area contributed by atoms with Gasteiger partial charge in [-0.1, -0.05) is 18.2 Å². The number of hydrogen-bond acceptors (Lipinski definition) is 2. The average molecular weight is 269 g/mol. The number of aromatic carboxylic acids is 1. The van der Waals surface area contributed by atoms with Crippen molar-refractivity contribution in [2.24, 2.45) is 0 Å². The second-order valence-electron chi connectivity index (χ2n) is 4.73. The molecule has 1 aromatic carbocycles. The van der Waals surface area contributed by atoms with Crippen LogP contribution in [-0.2, 0) is 13.1 Å². The first-order chi connectivity index (χ1) is 9.66. The highest BCUT2D eigenvalue weighted by atomic mass is 16.4. The summed E-state index contributed by atoms with van der Waals surface area (Å²) in [6.45, 7) is 3.44. The summed E-state index contributed by atoms with van der Waals surface area (Å²) in [6, 6.07) is 7.58. The Morgan fingerprint density at radius 2 is 2.00 bits per heavy atom. The number of carbonyl (C=O) groups is 1. The molecule has 0 amide bonds. The molecule has 0 saturated carbocycles. The molecular formula is C15H15N3O2. The van der Waals surface area contributed by atoms with Gasteiger partial charge in [-0.3, -0.25) is 0 Å². The number of rotatable bonds is 4. The van der Waals surface area contributed by atoms with Crippen LogP contribution in [-0.4, -0.2) is 25.2 Å². The number of para-hydroxylation sites is 1. The Hall–Kier alpha value is -2.56. The summed E-state index contributed by atoms with van der Waals surface area (Å²) in [5.41, 5.74) is 1.30. The van der Waals surface area contributed by atoms with Crippen LogP contribution in [0.3, 0.4) is 0 Å². The lowest BCUT2D eigenvalue weighted by Gasteiger charge is -2.07. The quantitative estimate of drug-likeness (QED) is 0.791. The molecule has 2 aromatic heterocycles. The third kappa shape index (κ3) is 2.07. The molecule has 0 bridgehead atoms. The predicted octanol–water partition coefficient (Wildman–Crippen LogP) is 2.54. The number of hydrogen-bond donors (Lipinski definition) is 1. The summed E-state index contributed by atoms with van der Waals surface area (Å²) in [5, 5.41) is 10.0. The van der Waals surface area contributed by atoms with Gasteiger partial charge in [0.2, 0.25) is 0 Å². The highest BCUT2D eigenvalue weighted by molar-refractivity contribution is 6.03. The van der Waals surface area contributed by atoms with Gasteiger partial charge in [-0.2, -0.15) is 0 Å². The Labute approximate surface area is 116 Å². The molecule has 0 unspecified atom stereocenters. The smallest absolute Gasteiger partial charge is 0.337 e. The van der Waals surface area contributed by atoms with Crippen LogP contribution in [0.25, 0.3) is 10.9 Å². The second-order valence-corrected chi connectivity index (χ2v) is 4.73. The van der Waals surface area contributed by atoms with Crippen molar-refractivity contribution in [3.63, 3.8) is 0 Å². The topological polar surface area (TPSA) is 60.0 Å². The van der Waals surface area contributed by atoms with Gasteiger partial charge < -0.3 is 14.2 Å². The molecule has 20 heavy (non-hydrogen) atoms. The van der Waals surface area contributed by atoms with Crippen LogP contribution < -0.4 is 0 Å². The number of nitrogens with zero attached hydrogens (tertiary/aromatic N) is 3. The zero-order valence-electron chi connectivity index (χ0n) is 11.2. The zero-order valence-corrected chi connectivity index (χ0v) is 11.2. The van der Waals surface area contributed by atoms with E-state index in [2.05, 4.69) is 9.55 Å². The first-order valence-corrected chi connectivity index (χ1v) is 6.45. The first-order valence-electron chi connectivity index (χ1n) is 6.45. The maximum absolute atomic E-state index is 11.3. The van der Waals surface area contributed by atoms with Gasteiger partial charge >= 0.3 is 5.97 Å². The van der Waals surface area contributed by atoms with Gasteiger partial charge in [0.25, 0.3) is 0 Å². The summed E-state index contributed by atoms with van der Waals surface area (Å²) in [5.74, 6) is 0.0682. The minimum atomic E-state index is -0.890. The van der Waals surface area contributed by atoms with Crippen LogP contribution in [0.5, 0.6) is 0 Å². The van der Waals surface area contributed by atoms with Gasteiger partial charge in [-0.25, -0.2) is 9.78 Å². The molecule has 1 N–H and O–H groups in total. The molecule has 5 heteroatoms. The molecule has 2 heterocycles. The lowest BCUT2D eigenvalue weighted by molar-refractivity contribution is 0.0699. The van der Waals surface area contributed by atoms with E-state index in [0.29, 0.717) is 12.1 Å². The van der Waals surface area contributed by atoms with Crippen molar-refractivity contribution in [1.29, 1.82) is 0 Å². The van der Waals surface area contributed by atoms with Gasteiger partial charge in [0.05, 0.1) is 5.56 Å². The maximum Gasteiger partial charge on any atom is 0.337 e. The van der Waals surface area contributed by atoms with E-state index >= 15 is 0 Å². The zero-order chi connectivity index (χ0) is 14.1. The number of carboxylic acid groups (broad SMARTS) is 1. The Morgan fingerprint density at radius 1 is 1.25 bits per heavy atom. The van der Waals surface area contributed by atoms with Crippen LogP contribution in [0.15, 0.2) is 42.9 Å². The molecule has 5 nitrogen and oxygen atoms in total. The van der Waals surface area contributed by atoms with Crippen molar-refractivity contribution in [2.75, 3.05) is 0 Å². The number of imidazole rings is 1. The molecule has 0 aliphatic carbocycles. The second kappa shape index (κ2) is 4.85. The normalized spacial score (nSPS) is 11.1. The van der Waals surface area contributed by atoms with E-state index in [1.807, 2.05) is 42.0 Å². The van der Waals surface area contributed by atoms with Crippen molar-refractivity contribution in [1.82, 2.24) is 14.1 Å². The fraction of sp³-hybridized carbons (Fsp3) is 0.200. The molecule has 3 rings (SSSR count). The maximum atomic E-state index is 11.3. The molecule has 0 fully saturated rings. The third-order valence-corrected chi connectivity index (χ3v) is 3.52. The van der Waals surface area contributed by atoms with Gasteiger partial charge in [-0.15, -0.1) is 0 Å². The van der Waals surface area contributed by atoms with Crippen molar-refractivity contribution in [3.8, 4) is 0 Å². The van der Waals surface area contributed by atoms with Gasteiger partial charge in [0.1, 0.15) is 5.82 Å². The Morgan fingerprint density at radius 3 is 2.70 bits per heavy atom. The monoisotopic (exact) mass is 269 g/mol. The first kappa shape index (κ1) is 12.5. The van der Waals surface area contributed by atoms with E-state index < -0.39 is 5.97 Å². The van der Waals surface area contributed by atoms with Crippen LogP contribution in [0.1, 0.15) is 16.2 Å². The largest absolute Gasteiger partial charge is 0.478 e. The van der Waals surface area contributed by atoms with Gasteiger partial charge in [0.15, 0.2) is 0 Å². The van der Waals surface area contributed by atoms with Gasteiger partial charge in [0, 0.05) is 42.6 Å². The minimum Gasteiger partial charge on any atom is -0.478 e. The number of aryl methyl sites for hydroxylation is 3. The standard InChI is InChI=1S/C15H15N3O2/c1-11-16-6-7-17(11)8-9-18-10-13(15(19)20)12-4-2-3-5-14(12)18/h2-7,10H,8-9H2,1H3,(H,19,20). The Balaban J connectivity index is 1.95. The number of benzene rings is 1. The number of aromatic nitrogens is 3. The molecule has 0 radical (unpaired) electrons. The molecule has 0 spiro atoms. The van der Waals surface area contributed by atoms with Crippen LogP contribution in [0, 0.1) is 6.92 Å². The van der Waals surface area contributed by atoms with Crippen molar-refractivity contribution < 1.29 is 9.90 Å². The van der Waals surface area contributed by atoms with E-state index in [4.69, 9.17) is 0 Å². The lowest BCUT2D eigenvalue weighted by atomic mass is 10.2. The summed E-state index contributed by atoms with van der Waals surface area (Å²) in [6.07, 6.45) is 5.41. The van der Waals surface area contributed by atoms with Crippen molar-refractivity contribution >= 4 is 16.9 Å². The van der Waals surface area contributed by atoms with E-state index in [1.165, 1.54) is 0 Å². The lowest BCUT2D eigenvalue weighted by Crippen LogP contribution is -2.07. The molecule has 3 aromatic rings. The summed E-state index contributed by atoms with van der Waals surface area (Å²) < 4.78 is 4.04. The van der Waals surface area contributed by atoms with Crippen LogP contribution in [0.2, 0.25) is 0 Å². The van der Waals surface area contributed by atoms with Gasteiger partial charge in [-0.05, 0) is 13.0 Å². The highest BCUT2D eigenvalue weighted by Gasteiger charge is 2.13. The molecular weight excluding hydrogens is 254 g/mol. The summed E-state index contributed by atoms with van der Waals surface area (Å²) in [4.78, 5) is 15.5. The fourth-order valence-corrected chi connectivity index (χ4v) is 2.46. The SMILES string of the molecule is Cc1nccn1CCn1cc(C(=O)O)c2ccccc21. The fourth-order valence-electron chi connectivity index (χ4n) is 2.46. The number of fused-ring (bicyclic) bond motifs is 1. The van der Waals surface area contributed by atoms with E-state index in [0.717, 1.165) is 23.3 Å². The Bertz CT molecular complexity index is 770. The molecule has 0 saturated heterocycles. The third-order valence-electron chi connectivity index (χ3n) is 3.52. The highest BCUT2D eigenvalue weighted by Crippen LogP contribution is 2.21. The molecule has 0 aliphatic heterocycles. The summed E-state index contributed by atoms with van der Waals surface area (Å²) in [7, 11) is 0. The Kier molecular flexibility index (Phi) is 3.02. The number of carboxylic acids is 1. The van der Waals surface area contributed by atoms with Crippen molar-refractivity contribution in [3.05, 3.63) is 54.2 Å². The van der Waals surface area contributed by atoms with E-state index in [9.17, 15) is 9.90 Å². The summed E-state index contributed by atoms with van der Waals surface area (Å²) >= 11 is 0. The van der Waals surface area contributed by atoms with Crippen LogP contribution in [0.4, 0.5) is 0 Å². The molecule has 102 valence electrons. The van der Waals surface area contributed by atoms with E-state index in [1.54, 1.807) is 12.4 Å². The van der Waals surface area contributed by atoms with Crippen LogP contribution >= 0.6 is 0 Å². The minimum absolute atomic E-state index is 0.350. The van der Waals surface area contributed by atoms with Crippen molar-refractivity contribution in [2.45, 2.75) is 20.0 Å². The average Bonchev–Trinajstić information content (AvgIpc) is 3.00. The molecule has 0 atom stereocenters. The molecule has 0 aliphatic rings. The predicted molar refractivity (Wildman–Crippen MR) is 75.9 cm³/mol.